The number of carbonyl (C=O) groups excluding carboxylic acids is 1. The molecule has 114 valence electrons. The molecule has 0 bridgehead atoms. The highest BCUT2D eigenvalue weighted by molar-refractivity contribution is 9.10. The fraction of sp³-hybridized carbons (Fsp3) is 0.286. The maximum Gasteiger partial charge on any atom is 0.249 e. The summed E-state index contributed by atoms with van der Waals surface area (Å²) in [6.45, 7) is 4.33. The lowest BCUT2D eigenvalue weighted by atomic mass is 9.92. The Morgan fingerprint density at radius 1 is 1.38 bits per heavy atom. The van der Waals surface area contributed by atoms with Crippen molar-refractivity contribution >= 4 is 40.1 Å². The van der Waals surface area contributed by atoms with E-state index < -0.39 is 5.54 Å². The smallest absolute Gasteiger partial charge is 0.249 e. The summed E-state index contributed by atoms with van der Waals surface area (Å²) < 4.78 is 2.65. The Labute approximate surface area is 138 Å². The molecule has 1 amide bonds. The predicted octanol–water partition coefficient (Wildman–Crippen LogP) is 2.90. The predicted molar refractivity (Wildman–Crippen MR) is 89.5 cm³/mol. The molecule has 1 atom stereocenters. The summed E-state index contributed by atoms with van der Waals surface area (Å²) in [5.74, 6) is 0.376. The fourth-order valence-corrected chi connectivity index (χ4v) is 2.13. The Bertz CT molecular complexity index is 610. The van der Waals surface area contributed by atoms with Gasteiger partial charge in [0.1, 0.15) is 11.4 Å². The number of aryl methyl sites for hydroxylation is 1. The number of carbonyl (C=O) groups is 1. The number of nitrogens with one attached hydrogen (secondary N) is 1. The molecule has 7 heteroatoms. The van der Waals surface area contributed by atoms with Crippen LogP contribution in [0.2, 0.25) is 0 Å². The van der Waals surface area contributed by atoms with Crippen molar-refractivity contribution in [3.8, 4) is 0 Å². The lowest BCUT2D eigenvalue weighted by molar-refractivity contribution is -0.120. The van der Waals surface area contributed by atoms with Crippen molar-refractivity contribution < 1.29 is 4.79 Å². The van der Waals surface area contributed by atoms with Crippen molar-refractivity contribution in [2.75, 3.05) is 5.32 Å². The van der Waals surface area contributed by atoms with E-state index >= 15 is 0 Å². The first-order chi connectivity index (χ1) is 9.45. The Morgan fingerprint density at radius 2 is 2.00 bits per heavy atom. The molecule has 0 saturated carbocycles. The molecule has 0 saturated heterocycles. The van der Waals surface area contributed by atoms with Gasteiger partial charge in [-0.2, -0.15) is 5.10 Å². The summed E-state index contributed by atoms with van der Waals surface area (Å²) in [6, 6.07) is 9.15. The lowest BCUT2D eigenvalue weighted by Gasteiger charge is -2.24. The molecule has 0 aliphatic heterocycles. The van der Waals surface area contributed by atoms with E-state index in [9.17, 15) is 4.79 Å². The van der Waals surface area contributed by atoms with E-state index in [1.54, 1.807) is 23.9 Å². The van der Waals surface area contributed by atoms with Crippen LogP contribution in [0.25, 0.3) is 0 Å². The van der Waals surface area contributed by atoms with E-state index in [-0.39, 0.29) is 18.3 Å². The molecule has 5 nitrogen and oxygen atoms in total. The summed E-state index contributed by atoms with van der Waals surface area (Å²) in [5.41, 5.74) is 5.83. The Hall–Kier alpha value is -1.37. The number of amides is 1. The number of nitrogens with zero attached hydrogens (tertiary/aromatic N) is 2. The second-order valence-electron chi connectivity index (χ2n) is 4.70. The number of halogens is 2. The van der Waals surface area contributed by atoms with Gasteiger partial charge in [-0.3, -0.25) is 4.79 Å². The highest BCUT2D eigenvalue weighted by atomic mass is 79.9. The molecular weight excluding hydrogens is 356 g/mol. The quantitative estimate of drug-likeness (QED) is 0.865. The number of nitrogens with two attached hydrogens (primary N) is 1. The van der Waals surface area contributed by atoms with Gasteiger partial charge in [0.2, 0.25) is 5.91 Å². The SMILES string of the molecule is CCn1nccc1NC(=O)C(C)(N)c1ccc(Br)cc1.Cl. The average molecular weight is 374 g/mol. The maximum atomic E-state index is 12.4. The molecule has 1 heterocycles. The molecule has 0 radical (unpaired) electrons. The second kappa shape index (κ2) is 7.06. The van der Waals surface area contributed by atoms with E-state index in [0.29, 0.717) is 12.4 Å². The van der Waals surface area contributed by atoms with Crippen LogP contribution in [0.1, 0.15) is 19.4 Å². The van der Waals surface area contributed by atoms with Gasteiger partial charge in [-0.05, 0) is 31.5 Å². The standard InChI is InChI=1S/C14H17BrN4O.ClH/c1-3-19-12(8-9-17-19)18-13(20)14(2,16)10-4-6-11(15)7-5-10;/h4-9H,3,16H2,1-2H3,(H,18,20);1H. The van der Waals surface area contributed by atoms with Crippen LogP contribution in [0.3, 0.4) is 0 Å². The monoisotopic (exact) mass is 372 g/mol. The number of benzene rings is 1. The minimum Gasteiger partial charge on any atom is -0.314 e. The zero-order valence-corrected chi connectivity index (χ0v) is 14.2. The highest BCUT2D eigenvalue weighted by Crippen LogP contribution is 2.22. The van der Waals surface area contributed by atoms with Crippen molar-refractivity contribution in [3.63, 3.8) is 0 Å². The summed E-state index contributed by atoms with van der Waals surface area (Å²) in [7, 11) is 0. The molecule has 0 spiro atoms. The first-order valence-electron chi connectivity index (χ1n) is 6.33. The zero-order chi connectivity index (χ0) is 14.8. The summed E-state index contributed by atoms with van der Waals surface area (Å²) >= 11 is 3.36. The molecule has 21 heavy (non-hydrogen) atoms. The molecule has 1 aromatic heterocycles. The number of rotatable bonds is 4. The van der Waals surface area contributed by atoms with Crippen molar-refractivity contribution in [2.45, 2.75) is 25.9 Å². The highest BCUT2D eigenvalue weighted by Gasteiger charge is 2.31. The molecule has 0 aliphatic carbocycles. The van der Waals surface area contributed by atoms with Crippen LogP contribution < -0.4 is 11.1 Å². The normalized spacial score (nSPS) is 13.1. The molecule has 0 fully saturated rings. The first kappa shape index (κ1) is 17.7. The van der Waals surface area contributed by atoms with Gasteiger partial charge < -0.3 is 11.1 Å². The molecule has 2 rings (SSSR count). The van der Waals surface area contributed by atoms with E-state index in [1.165, 1.54) is 0 Å². The molecule has 1 aromatic carbocycles. The van der Waals surface area contributed by atoms with Crippen LogP contribution in [0.5, 0.6) is 0 Å². The summed E-state index contributed by atoms with van der Waals surface area (Å²) in [4.78, 5) is 12.4. The van der Waals surface area contributed by atoms with Gasteiger partial charge in [0.05, 0.1) is 6.20 Å². The molecule has 3 N–H and O–H groups in total. The van der Waals surface area contributed by atoms with Gasteiger partial charge in [0, 0.05) is 17.1 Å². The third kappa shape index (κ3) is 3.84. The van der Waals surface area contributed by atoms with Crippen molar-refractivity contribution in [1.29, 1.82) is 0 Å². The van der Waals surface area contributed by atoms with Crippen LogP contribution in [0.4, 0.5) is 5.82 Å². The summed E-state index contributed by atoms with van der Waals surface area (Å²) in [5, 5.41) is 6.93. The second-order valence-corrected chi connectivity index (χ2v) is 5.61. The van der Waals surface area contributed by atoms with Gasteiger partial charge in [-0.15, -0.1) is 12.4 Å². The lowest BCUT2D eigenvalue weighted by Crippen LogP contribution is -2.45. The molecule has 0 aliphatic rings. The van der Waals surface area contributed by atoms with Crippen molar-refractivity contribution in [3.05, 3.63) is 46.6 Å². The Kier molecular flexibility index (Phi) is 5.95. The fourth-order valence-electron chi connectivity index (χ4n) is 1.86. The minimum absolute atomic E-state index is 0. The van der Waals surface area contributed by atoms with Crippen LogP contribution in [-0.4, -0.2) is 15.7 Å². The number of aromatic nitrogens is 2. The van der Waals surface area contributed by atoms with E-state index in [4.69, 9.17) is 5.73 Å². The topological polar surface area (TPSA) is 72.9 Å². The van der Waals surface area contributed by atoms with Gasteiger partial charge in [0.25, 0.3) is 0 Å². The van der Waals surface area contributed by atoms with E-state index in [1.807, 2.05) is 31.2 Å². The van der Waals surface area contributed by atoms with Crippen LogP contribution in [0.15, 0.2) is 41.0 Å². The minimum atomic E-state index is -1.11. The van der Waals surface area contributed by atoms with Crippen LogP contribution in [0, 0.1) is 0 Å². The average Bonchev–Trinajstić information content (AvgIpc) is 2.86. The van der Waals surface area contributed by atoms with Crippen LogP contribution >= 0.6 is 28.3 Å². The molecule has 2 aromatic rings. The third-order valence-electron chi connectivity index (χ3n) is 3.17. The van der Waals surface area contributed by atoms with Gasteiger partial charge in [-0.1, -0.05) is 28.1 Å². The third-order valence-corrected chi connectivity index (χ3v) is 3.70. The zero-order valence-electron chi connectivity index (χ0n) is 11.8. The Balaban J connectivity index is 0.00000220. The van der Waals surface area contributed by atoms with Gasteiger partial charge >= 0.3 is 0 Å². The summed E-state index contributed by atoms with van der Waals surface area (Å²) in [6.07, 6.45) is 1.65. The largest absolute Gasteiger partial charge is 0.314 e. The first-order valence-corrected chi connectivity index (χ1v) is 7.12. The Morgan fingerprint density at radius 3 is 2.57 bits per heavy atom. The van der Waals surface area contributed by atoms with Crippen molar-refractivity contribution in [1.82, 2.24) is 9.78 Å². The maximum absolute atomic E-state index is 12.4. The van der Waals surface area contributed by atoms with Crippen molar-refractivity contribution in [2.24, 2.45) is 5.73 Å². The number of anilines is 1. The van der Waals surface area contributed by atoms with Gasteiger partial charge in [-0.25, -0.2) is 4.68 Å². The molecule has 1 unspecified atom stereocenters. The number of hydrogen-bond donors (Lipinski definition) is 2. The van der Waals surface area contributed by atoms with E-state index in [2.05, 4.69) is 26.3 Å². The van der Waals surface area contributed by atoms with Gasteiger partial charge in [0.15, 0.2) is 0 Å². The van der Waals surface area contributed by atoms with E-state index in [0.717, 1.165) is 10.0 Å². The van der Waals surface area contributed by atoms with Crippen LogP contribution in [-0.2, 0) is 16.9 Å². The number of hydrogen-bond acceptors (Lipinski definition) is 3. The molecular formula is C14H18BrClN4O.